The Hall–Kier alpha value is -0.610. The first-order valence-electron chi connectivity index (χ1n) is 5.70. The first-order valence-corrected chi connectivity index (χ1v) is 5.70. The fraction of sp³-hybridized carbons (Fsp3) is 0.909. The standard InChI is InChI=1S/C11H19NO3/c1-11(15,10(13)14)7-12-6-5-8-3-2-4-9(8)12/h8-9,15H,2-7H2,1H3,(H,13,14). The molecule has 4 heteroatoms. The Kier molecular flexibility index (Phi) is 2.73. The van der Waals surface area contributed by atoms with Crippen LogP contribution in [0.15, 0.2) is 0 Å². The van der Waals surface area contributed by atoms with Crippen molar-refractivity contribution in [1.29, 1.82) is 0 Å². The van der Waals surface area contributed by atoms with Gasteiger partial charge in [0, 0.05) is 12.6 Å². The van der Waals surface area contributed by atoms with Gasteiger partial charge in [0.15, 0.2) is 5.60 Å². The number of fused-ring (bicyclic) bond motifs is 1. The molecule has 1 aliphatic carbocycles. The third-order valence-electron chi connectivity index (χ3n) is 3.85. The van der Waals surface area contributed by atoms with Crippen LogP contribution in [0, 0.1) is 5.92 Å². The van der Waals surface area contributed by atoms with Crippen LogP contribution in [0.1, 0.15) is 32.6 Å². The average Bonchev–Trinajstić information content (AvgIpc) is 2.69. The van der Waals surface area contributed by atoms with E-state index in [1.54, 1.807) is 0 Å². The summed E-state index contributed by atoms with van der Waals surface area (Å²) in [5.41, 5.74) is -1.60. The molecule has 2 N–H and O–H groups in total. The summed E-state index contributed by atoms with van der Waals surface area (Å²) in [4.78, 5) is 13.0. The Morgan fingerprint density at radius 2 is 2.20 bits per heavy atom. The maximum atomic E-state index is 10.8. The van der Waals surface area contributed by atoms with E-state index in [2.05, 4.69) is 4.90 Å². The lowest BCUT2D eigenvalue weighted by Gasteiger charge is -2.29. The van der Waals surface area contributed by atoms with Crippen LogP contribution in [0.3, 0.4) is 0 Å². The highest BCUT2D eigenvalue weighted by atomic mass is 16.4. The summed E-state index contributed by atoms with van der Waals surface area (Å²) >= 11 is 0. The SMILES string of the molecule is CC(O)(CN1CCC2CCCC21)C(=O)O. The van der Waals surface area contributed by atoms with E-state index in [9.17, 15) is 9.90 Å². The van der Waals surface area contributed by atoms with Gasteiger partial charge in [-0.25, -0.2) is 4.79 Å². The van der Waals surface area contributed by atoms with Gasteiger partial charge in [-0.2, -0.15) is 0 Å². The van der Waals surface area contributed by atoms with Gasteiger partial charge in [-0.1, -0.05) is 6.42 Å². The number of aliphatic carboxylic acids is 1. The van der Waals surface area contributed by atoms with Crippen LogP contribution in [0.25, 0.3) is 0 Å². The van der Waals surface area contributed by atoms with Crippen molar-refractivity contribution in [2.75, 3.05) is 13.1 Å². The lowest BCUT2D eigenvalue weighted by molar-refractivity contribution is -0.158. The molecule has 2 fully saturated rings. The molecule has 1 saturated heterocycles. The molecule has 0 bridgehead atoms. The number of hydrogen-bond donors (Lipinski definition) is 2. The van der Waals surface area contributed by atoms with Crippen LogP contribution in [-0.2, 0) is 4.79 Å². The second kappa shape index (κ2) is 3.76. The van der Waals surface area contributed by atoms with Crippen LogP contribution in [0.5, 0.6) is 0 Å². The normalized spacial score (nSPS) is 35.1. The number of carboxylic acids is 1. The van der Waals surface area contributed by atoms with Gasteiger partial charge in [0.1, 0.15) is 0 Å². The summed E-state index contributed by atoms with van der Waals surface area (Å²) in [7, 11) is 0. The minimum Gasteiger partial charge on any atom is -0.479 e. The van der Waals surface area contributed by atoms with E-state index in [0.29, 0.717) is 6.04 Å². The quantitative estimate of drug-likeness (QED) is 0.724. The molecule has 1 heterocycles. The molecule has 3 unspecified atom stereocenters. The van der Waals surface area contributed by atoms with Gasteiger partial charge in [-0.3, -0.25) is 4.90 Å². The third-order valence-corrected chi connectivity index (χ3v) is 3.85. The van der Waals surface area contributed by atoms with Crippen molar-refractivity contribution in [3.8, 4) is 0 Å². The Morgan fingerprint density at radius 3 is 2.87 bits per heavy atom. The van der Waals surface area contributed by atoms with Gasteiger partial charge < -0.3 is 10.2 Å². The molecule has 1 aliphatic heterocycles. The second-order valence-corrected chi connectivity index (χ2v) is 5.10. The molecule has 0 radical (unpaired) electrons. The first kappa shape index (κ1) is 10.9. The Labute approximate surface area is 89.9 Å². The van der Waals surface area contributed by atoms with Gasteiger partial charge in [0.05, 0.1) is 0 Å². The predicted octanol–water partition coefficient (Wildman–Crippen LogP) is 0.696. The minimum atomic E-state index is -1.60. The number of nitrogens with zero attached hydrogens (tertiary/aromatic N) is 1. The Balaban J connectivity index is 1.98. The van der Waals surface area contributed by atoms with Crippen molar-refractivity contribution < 1.29 is 15.0 Å². The van der Waals surface area contributed by atoms with Gasteiger partial charge in [-0.05, 0) is 38.6 Å². The molecule has 0 amide bonds. The zero-order valence-corrected chi connectivity index (χ0v) is 9.15. The van der Waals surface area contributed by atoms with Crippen LogP contribution < -0.4 is 0 Å². The highest BCUT2D eigenvalue weighted by Crippen LogP contribution is 2.38. The molecule has 3 atom stereocenters. The van der Waals surface area contributed by atoms with Crippen molar-refractivity contribution in [2.24, 2.45) is 5.92 Å². The highest BCUT2D eigenvalue weighted by molar-refractivity contribution is 5.76. The molecular weight excluding hydrogens is 194 g/mol. The number of aliphatic hydroxyl groups is 1. The summed E-state index contributed by atoms with van der Waals surface area (Å²) in [6, 6.07) is 0.524. The fourth-order valence-electron chi connectivity index (χ4n) is 2.99. The van der Waals surface area contributed by atoms with E-state index >= 15 is 0 Å². The van der Waals surface area contributed by atoms with E-state index in [-0.39, 0.29) is 6.54 Å². The number of carbonyl (C=O) groups is 1. The van der Waals surface area contributed by atoms with Gasteiger partial charge in [0.2, 0.25) is 0 Å². The fourth-order valence-corrected chi connectivity index (χ4v) is 2.99. The van der Waals surface area contributed by atoms with Gasteiger partial charge >= 0.3 is 5.97 Å². The summed E-state index contributed by atoms with van der Waals surface area (Å²) < 4.78 is 0. The molecular formula is C11H19NO3. The molecule has 4 nitrogen and oxygen atoms in total. The topological polar surface area (TPSA) is 60.8 Å². The maximum absolute atomic E-state index is 10.8. The number of hydrogen-bond acceptors (Lipinski definition) is 3. The van der Waals surface area contributed by atoms with E-state index in [4.69, 9.17) is 5.11 Å². The molecule has 1 saturated carbocycles. The Bertz CT molecular complexity index is 265. The van der Waals surface area contributed by atoms with Gasteiger partial charge in [0.25, 0.3) is 0 Å². The van der Waals surface area contributed by atoms with Crippen LogP contribution in [0.2, 0.25) is 0 Å². The lowest BCUT2D eigenvalue weighted by Crippen LogP contribution is -2.48. The first-order chi connectivity index (χ1) is 7.00. The zero-order valence-electron chi connectivity index (χ0n) is 9.15. The number of likely N-dealkylation sites (tertiary alicyclic amines) is 1. The van der Waals surface area contributed by atoms with Crippen molar-refractivity contribution in [1.82, 2.24) is 4.90 Å². The summed E-state index contributed by atoms with van der Waals surface area (Å²) in [6.07, 6.45) is 4.86. The molecule has 2 aliphatic rings. The van der Waals surface area contributed by atoms with Crippen molar-refractivity contribution in [2.45, 2.75) is 44.2 Å². The summed E-state index contributed by atoms with van der Waals surface area (Å²) in [5, 5.41) is 18.6. The second-order valence-electron chi connectivity index (χ2n) is 5.10. The smallest absolute Gasteiger partial charge is 0.336 e. The number of rotatable bonds is 3. The molecule has 0 aromatic carbocycles. The summed E-state index contributed by atoms with van der Waals surface area (Å²) in [5.74, 6) is -0.376. The molecule has 0 spiro atoms. The van der Waals surface area contributed by atoms with Crippen LogP contribution in [0.4, 0.5) is 0 Å². The highest BCUT2D eigenvalue weighted by Gasteiger charge is 2.42. The van der Waals surface area contributed by atoms with E-state index < -0.39 is 11.6 Å². The minimum absolute atomic E-state index is 0.267. The summed E-state index contributed by atoms with van der Waals surface area (Å²) in [6.45, 7) is 2.60. The average molecular weight is 213 g/mol. The van der Waals surface area contributed by atoms with Crippen LogP contribution >= 0.6 is 0 Å². The van der Waals surface area contributed by atoms with Crippen molar-refractivity contribution in [3.05, 3.63) is 0 Å². The van der Waals surface area contributed by atoms with E-state index in [1.807, 2.05) is 0 Å². The Morgan fingerprint density at radius 1 is 1.47 bits per heavy atom. The lowest BCUT2D eigenvalue weighted by atomic mass is 10.0. The molecule has 0 aromatic heterocycles. The maximum Gasteiger partial charge on any atom is 0.336 e. The van der Waals surface area contributed by atoms with E-state index in [0.717, 1.165) is 12.5 Å². The van der Waals surface area contributed by atoms with Crippen molar-refractivity contribution >= 4 is 5.97 Å². The monoisotopic (exact) mass is 213 g/mol. The largest absolute Gasteiger partial charge is 0.479 e. The molecule has 2 rings (SSSR count). The zero-order chi connectivity index (χ0) is 11.1. The molecule has 15 heavy (non-hydrogen) atoms. The van der Waals surface area contributed by atoms with E-state index in [1.165, 1.54) is 32.6 Å². The number of β-amino-alcohol motifs (C(OH)–C–C–N with tert-alkyl or cyclic N) is 1. The van der Waals surface area contributed by atoms with Gasteiger partial charge in [-0.15, -0.1) is 0 Å². The van der Waals surface area contributed by atoms with Crippen molar-refractivity contribution in [3.63, 3.8) is 0 Å². The molecule has 0 aromatic rings. The number of carboxylic acid groups (broad SMARTS) is 1. The predicted molar refractivity (Wildman–Crippen MR) is 55.6 cm³/mol. The third kappa shape index (κ3) is 2.01. The molecule has 86 valence electrons. The van der Waals surface area contributed by atoms with Crippen LogP contribution in [-0.4, -0.2) is 45.8 Å².